The van der Waals surface area contributed by atoms with Gasteiger partial charge in [-0.25, -0.2) is 4.98 Å². The Hall–Kier alpha value is -3.89. The molecular formula is C29H37N7O3. The summed E-state index contributed by atoms with van der Waals surface area (Å²) in [6.07, 6.45) is 9.29. The van der Waals surface area contributed by atoms with Gasteiger partial charge in [0.15, 0.2) is 0 Å². The summed E-state index contributed by atoms with van der Waals surface area (Å²) < 4.78 is 14.7. The highest BCUT2D eigenvalue weighted by Crippen LogP contribution is 2.33. The Morgan fingerprint density at radius 3 is 2.49 bits per heavy atom. The van der Waals surface area contributed by atoms with E-state index < -0.39 is 0 Å². The van der Waals surface area contributed by atoms with Crippen molar-refractivity contribution in [1.82, 2.24) is 29.8 Å². The number of hydrogen-bond acceptors (Lipinski definition) is 8. The number of ether oxygens (including phenoxy) is 2. The normalized spacial score (nSPS) is 14.2. The number of aromatic nitrogens is 4. The second kappa shape index (κ2) is 11.9. The third kappa shape index (κ3) is 5.91. The third-order valence-electron chi connectivity index (χ3n) is 7.13. The van der Waals surface area contributed by atoms with E-state index in [1.54, 1.807) is 31.0 Å². The van der Waals surface area contributed by atoms with Crippen LogP contribution in [0.5, 0.6) is 11.5 Å². The molecule has 0 aliphatic carbocycles. The molecule has 1 fully saturated rings. The minimum absolute atomic E-state index is 0.129. The van der Waals surface area contributed by atoms with E-state index >= 15 is 0 Å². The van der Waals surface area contributed by atoms with E-state index in [0.717, 1.165) is 49.4 Å². The van der Waals surface area contributed by atoms with Crippen molar-refractivity contribution in [3.63, 3.8) is 0 Å². The van der Waals surface area contributed by atoms with Crippen molar-refractivity contribution in [2.75, 3.05) is 45.3 Å². The number of fused-ring (bicyclic) bond motifs is 1. The Labute approximate surface area is 228 Å². The summed E-state index contributed by atoms with van der Waals surface area (Å²) in [6.45, 7) is 7.61. The van der Waals surface area contributed by atoms with E-state index in [0.29, 0.717) is 41.3 Å². The summed E-state index contributed by atoms with van der Waals surface area (Å²) in [5, 5.41) is 11.4. The molecule has 1 saturated heterocycles. The Morgan fingerprint density at radius 2 is 1.79 bits per heavy atom. The molecule has 10 nitrogen and oxygen atoms in total. The average Bonchev–Trinajstić information content (AvgIpc) is 3.45. The van der Waals surface area contributed by atoms with Gasteiger partial charge in [0.2, 0.25) is 0 Å². The van der Waals surface area contributed by atoms with Gasteiger partial charge in [0.05, 0.1) is 37.7 Å². The van der Waals surface area contributed by atoms with Crippen molar-refractivity contribution in [3.8, 4) is 22.6 Å². The lowest BCUT2D eigenvalue weighted by atomic mass is 10.1. The summed E-state index contributed by atoms with van der Waals surface area (Å²) >= 11 is 0. The molecule has 0 saturated carbocycles. The minimum Gasteiger partial charge on any atom is -0.497 e. The molecule has 1 aliphatic heterocycles. The summed E-state index contributed by atoms with van der Waals surface area (Å²) in [5.74, 6) is 1.39. The molecule has 1 aliphatic rings. The zero-order chi connectivity index (χ0) is 27.4. The van der Waals surface area contributed by atoms with Gasteiger partial charge in [-0.15, -0.1) is 0 Å². The molecule has 1 aromatic carbocycles. The molecule has 0 spiro atoms. The van der Waals surface area contributed by atoms with Crippen LogP contribution in [0.15, 0.2) is 59.9 Å². The molecule has 5 rings (SSSR count). The number of anilines is 2. The first kappa shape index (κ1) is 26.7. The number of piperidine rings is 1. The van der Waals surface area contributed by atoms with Gasteiger partial charge >= 0.3 is 0 Å². The van der Waals surface area contributed by atoms with Gasteiger partial charge in [0.1, 0.15) is 17.1 Å². The standard InChI is InChI=1S/C29H37N7O3/c1-20(2)31-11-12-34(24-13-25(38-3)15-26(14-24)39-4)23-5-6-28-32-17-27(29(37)35(28)19-23)21-16-33-36(18-21)22-7-9-30-10-8-22/h5-6,13-20,22,30-31H,7-12H2,1-4H3. The van der Waals surface area contributed by atoms with E-state index in [-0.39, 0.29) is 5.56 Å². The molecule has 3 aromatic heterocycles. The Morgan fingerprint density at radius 1 is 1.05 bits per heavy atom. The Bertz CT molecular complexity index is 1450. The van der Waals surface area contributed by atoms with Crippen LogP contribution < -0.4 is 30.6 Å². The fraction of sp³-hybridized carbons (Fsp3) is 0.414. The van der Waals surface area contributed by atoms with Gasteiger partial charge in [0.25, 0.3) is 5.56 Å². The molecule has 0 bridgehead atoms. The number of benzene rings is 1. The van der Waals surface area contributed by atoms with Crippen molar-refractivity contribution in [1.29, 1.82) is 0 Å². The van der Waals surface area contributed by atoms with Crippen molar-refractivity contribution < 1.29 is 9.47 Å². The maximum Gasteiger partial charge on any atom is 0.265 e. The summed E-state index contributed by atoms with van der Waals surface area (Å²) in [6, 6.07) is 10.3. The Kier molecular flexibility index (Phi) is 8.13. The fourth-order valence-corrected chi connectivity index (χ4v) is 4.99. The molecule has 0 unspecified atom stereocenters. The molecule has 4 heterocycles. The van der Waals surface area contributed by atoms with Gasteiger partial charge in [-0.05, 0) is 38.1 Å². The molecule has 206 valence electrons. The van der Waals surface area contributed by atoms with Crippen molar-refractivity contribution >= 4 is 17.0 Å². The predicted molar refractivity (Wildman–Crippen MR) is 154 cm³/mol. The number of nitrogens with zero attached hydrogens (tertiary/aromatic N) is 5. The zero-order valence-electron chi connectivity index (χ0n) is 23.1. The zero-order valence-corrected chi connectivity index (χ0v) is 23.1. The van der Waals surface area contributed by atoms with Crippen molar-refractivity contribution in [2.24, 2.45) is 0 Å². The van der Waals surface area contributed by atoms with Gasteiger partial charge in [0, 0.05) is 67.2 Å². The van der Waals surface area contributed by atoms with Gasteiger partial charge in [-0.3, -0.25) is 13.9 Å². The Balaban J connectivity index is 1.53. The lowest BCUT2D eigenvalue weighted by Crippen LogP contribution is -2.33. The van der Waals surface area contributed by atoms with E-state index in [1.165, 1.54) is 0 Å². The topological polar surface area (TPSA) is 97.9 Å². The lowest BCUT2D eigenvalue weighted by molar-refractivity contribution is 0.343. The molecule has 0 atom stereocenters. The monoisotopic (exact) mass is 531 g/mol. The second-order valence-electron chi connectivity index (χ2n) is 10.1. The molecule has 2 N–H and O–H groups in total. The highest BCUT2D eigenvalue weighted by molar-refractivity contribution is 5.68. The fourth-order valence-electron chi connectivity index (χ4n) is 4.99. The molecule has 39 heavy (non-hydrogen) atoms. The predicted octanol–water partition coefficient (Wildman–Crippen LogP) is 3.64. The molecule has 4 aromatic rings. The molecule has 0 radical (unpaired) electrons. The second-order valence-corrected chi connectivity index (χ2v) is 10.1. The van der Waals surface area contributed by atoms with E-state index in [4.69, 9.17) is 9.47 Å². The van der Waals surface area contributed by atoms with E-state index in [9.17, 15) is 4.79 Å². The van der Waals surface area contributed by atoms with Crippen LogP contribution in [0.25, 0.3) is 16.8 Å². The van der Waals surface area contributed by atoms with E-state index in [1.807, 2.05) is 47.4 Å². The number of methoxy groups -OCH3 is 2. The first-order valence-corrected chi connectivity index (χ1v) is 13.5. The maximum absolute atomic E-state index is 13.7. The lowest BCUT2D eigenvalue weighted by Gasteiger charge is -2.27. The smallest absolute Gasteiger partial charge is 0.265 e. The summed E-state index contributed by atoms with van der Waals surface area (Å²) in [5.41, 5.74) is 3.52. The van der Waals surface area contributed by atoms with Crippen molar-refractivity contribution in [3.05, 3.63) is 65.5 Å². The van der Waals surface area contributed by atoms with Gasteiger partial charge in [-0.2, -0.15) is 5.10 Å². The average molecular weight is 532 g/mol. The number of rotatable bonds is 10. The van der Waals surface area contributed by atoms with Crippen LogP contribution >= 0.6 is 0 Å². The van der Waals surface area contributed by atoms with Crippen LogP contribution in [0.4, 0.5) is 11.4 Å². The highest BCUT2D eigenvalue weighted by Gasteiger charge is 2.18. The summed E-state index contributed by atoms with van der Waals surface area (Å²) in [7, 11) is 3.28. The third-order valence-corrected chi connectivity index (χ3v) is 7.13. The van der Waals surface area contributed by atoms with E-state index in [2.05, 4.69) is 39.5 Å². The van der Waals surface area contributed by atoms with Gasteiger partial charge in [-0.1, -0.05) is 13.8 Å². The van der Waals surface area contributed by atoms with Crippen LogP contribution in [0, 0.1) is 0 Å². The molecule has 0 amide bonds. The maximum atomic E-state index is 13.7. The minimum atomic E-state index is -0.129. The van der Waals surface area contributed by atoms with Gasteiger partial charge < -0.3 is 25.0 Å². The van der Waals surface area contributed by atoms with Crippen LogP contribution in [-0.2, 0) is 0 Å². The van der Waals surface area contributed by atoms with Crippen molar-refractivity contribution in [2.45, 2.75) is 38.8 Å². The van der Waals surface area contributed by atoms with Crippen LogP contribution in [0.3, 0.4) is 0 Å². The number of hydrogen-bond donors (Lipinski definition) is 2. The summed E-state index contributed by atoms with van der Waals surface area (Å²) in [4.78, 5) is 20.5. The first-order chi connectivity index (χ1) is 19.0. The number of pyridine rings is 1. The van der Waals surface area contributed by atoms with Crippen LogP contribution in [-0.4, -0.2) is 65.6 Å². The van der Waals surface area contributed by atoms with Crippen LogP contribution in [0.1, 0.15) is 32.7 Å². The highest BCUT2D eigenvalue weighted by atomic mass is 16.5. The SMILES string of the molecule is COc1cc(OC)cc(N(CCNC(C)C)c2ccc3ncc(-c4cnn(C5CCNCC5)c4)c(=O)n3c2)c1. The molecular weight excluding hydrogens is 494 g/mol. The molecule has 10 heteroatoms. The first-order valence-electron chi connectivity index (χ1n) is 13.5. The quantitative estimate of drug-likeness (QED) is 0.320. The largest absolute Gasteiger partial charge is 0.497 e. The number of nitrogens with one attached hydrogen (secondary N) is 2. The van der Waals surface area contributed by atoms with Crippen LogP contribution in [0.2, 0.25) is 0 Å².